The molecular formula is C14H14ClN3O3. The molecule has 0 bridgehead atoms. The third-order valence-corrected chi connectivity index (χ3v) is 3.00. The lowest BCUT2D eigenvalue weighted by molar-refractivity contribution is -0.131. The Labute approximate surface area is 126 Å². The third-order valence-electron chi connectivity index (χ3n) is 2.70. The number of nitrogens with zero attached hydrogens (tertiary/aromatic N) is 2. The van der Waals surface area contributed by atoms with Crippen LogP contribution in [0.2, 0.25) is 5.02 Å². The van der Waals surface area contributed by atoms with E-state index in [0.717, 1.165) is 5.69 Å². The predicted molar refractivity (Wildman–Crippen MR) is 78.7 cm³/mol. The molecule has 1 aromatic heterocycles. The van der Waals surface area contributed by atoms with Crippen molar-refractivity contribution in [3.8, 4) is 5.75 Å². The number of esters is 1. The summed E-state index contributed by atoms with van der Waals surface area (Å²) in [4.78, 5) is 23.5. The third kappa shape index (κ3) is 3.41. The molecular weight excluding hydrogens is 294 g/mol. The molecule has 0 fully saturated rings. The molecule has 1 aromatic carbocycles. The van der Waals surface area contributed by atoms with Crippen molar-refractivity contribution in [2.75, 3.05) is 5.32 Å². The monoisotopic (exact) mass is 307 g/mol. The van der Waals surface area contributed by atoms with Gasteiger partial charge in [-0.05, 0) is 19.1 Å². The first-order chi connectivity index (χ1) is 9.88. The van der Waals surface area contributed by atoms with Crippen molar-refractivity contribution in [2.24, 2.45) is 7.05 Å². The number of carbonyl (C=O) groups is 2. The first kappa shape index (κ1) is 15.1. The van der Waals surface area contributed by atoms with Crippen molar-refractivity contribution in [2.45, 2.75) is 13.8 Å². The molecule has 6 nitrogen and oxygen atoms in total. The fourth-order valence-corrected chi connectivity index (χ4v) is 2.06. The number of rotatable bonds is 3. The maximum atomic E-state index is 12.3. The summed E-state index contributed by atoms with van der Waals surface area (Å²) in [5, 5.41) is 7.03. The Hall–Kier alpha value is -2.34. The second kappa shape index (κ2) is 5.97. The summed E-state index contributed by atoms with van der Waals surface area (Å²) in [6.07, 6.45) is 0. The summed E-state index contributed by atoms with van der Waals surface area (Å²) in [5.74, 6) is -0.403. The highest BCUT2D eigenvalue weighted by Gasteiger charge is 2.18. The standard InChI is InChI=1S/C14H14ClN3O3/c1-8-7-12(18(3)17-8)16-14(20)10-5-4-6-11(15)13(10)21-9(2)19/h4-7H,1-3H3,(H,16,20). The van der Waals surface area contributed by atoms with E-state index >= 15 is 0 Å². The number of nitrogens with one attached hydrogen (secondary N) is 1. The van der Waals surface area contributed by atoms with Gasteiger partial charge in [0.25, 0.3) is 5.91 Å². The van der Waals surface area contributed by atoms with Gasteiger partial charge in [0.05, 0.1) is 16.3 Å². The number of hydrogen-bond donors (Lipinski definition) is 1. The van der Waals surface area contributed by atoms with Crippen LogP contribution in [0.25, 0.3) is 0 Å². The molecule has 0 atom stereocenters. The Morgan fingerprint density at radius 2 is 2.10 bits per heavy atom. The van der Waals surface area contributed by atoms with Crippen LogP contribution in [0.4, 0.5) is 5.82 Å². The zero-order valence-corrected chi connectivity index (χ0v) is 12.6. The van der Waals surface area contributed by atoms with Crippen LogP contribution in [0.1, 0.15) is 23.0 Å². The van der Waals surface area contributed by atoms with E-state index in [1.165, 1.54) is 13.0 Å². The van der Waals surface area contributed by atoms with Gasteiger partial charge in [-0.15, -0.1) is 0 Å². The van der Waals surface area contributed by atoms with Crippen molar-refractivity contribution >= 4 is 29.3 Å². The number of amides is 1. The lowest BCUT2D eigenvalue weighted by atomic mass is 10.2. The van der Waals surface area contributed by atoms with E-state index in [1.54, 1.807) is 29.9 Å². The smallest absolute Gasteiger partial charge is 0.308 e. The molecule has 7 heteroatoms. The summed E-state index contributed by atoms with van der Waals surface area (Å²) < 4.78 is 6.56. The molecule has 0 spiro atoms. The lowest BCUT2D eigenvalue weighted by Crippen LogP contribution is -2.17. The van der Waals surface area contributed by atoms with Gasteiger partial charge in [-0.1, -0.05) is 17.7 Å². The van der Waals surface area contributed by atoms with Gasteiger partial charge in [0, 0.05) is 20.0 Å². The topological polar surface area (TPSA) is 73.2 Å². The van der Waals surface area contributed by atoms with Gasteiger partial charge in [0.15, 0.2) is 5.75 Å². The Balaban J connectivity index is 2.33. The molecule has 0 aliphatic rings. The maximum Gasteiger partial charge on any atom is 0.308 e. The van der Waals surface area contributed by atoms with Gasteiger partial charge >= 0.3 is 5.97 Å². The molecule has 0 unspecified atom stereocenters. The van der Waals surface area contributed by atoms with Crippen molar-refractivity contribution in [1.82, 2.24) is 9.78 Å². The number of carbonyl (C=O) groups excluding carboxylic acids is 2. The normalized spacial score (nSPS) is 10.3. The number of aryl methyl sites for hydroxylation is 2. The van der Waals surface area contributed by atoms with Crippen LogP contribution in [0.5, 0.6) is 5.75 Å². The van der Waals surface area contributed by atoms with Crippen LogP contribution in [0.15, 0.2) is 24.3 Å². The minimum absolute atomic E-state index is 0.0445. The minimum Gasteiger partial charge on any atom is -0.424 e. The first-order valence-electron chi connectivity index (χ1n) is 6.17. The summed E-state index contributed by atoms with van der Waals surface area (Å²) in [5.41, 5.74) is 0.954. The van der Waals surface area contributed by atoms with Gasteiger partial charge in [-0.3, -0.25) is 14.3 Å². The van der Waals surface area contributed by atoms with Gasteiger partial charge in [0.2, 0.25) is 0 Å². The quantitative estimate of drug-likeness (QED) is 0.698. The van der Waals surface area contributed by atoms with Gasteiger partial charge in [-0.25, -0.2) is 0 Å². The number of benzene rings is 1. The molecule has 21 heavy (non-hydrogen) atoms. The fourth-order valence-electron chi connectivity index (χ4n) is 1.85. The van der Waals surface area contributed by atoms with E-state index < -0.39 is 11.9 Å². The van der Waals surface area contributed by atoms with Crippen molar-refractivity contribution < 1.29 is 14.3 Å². The summed E-state index contributed by atoms with van der Waals surface area (Å²) in [7, 11) is 1.72. The largest absolute Gasteiger partial charge is 0.424 e. The van der Waals surface area contributed by atoms with Gasteiger partial charge < -0.3 is 10.1 Å². The van der Waals surface area contributed by atoms with E-state index in [1.807, 2.05) is 6.92 Å². The number of halogens is 1. The summed E-state index contributed by atoms with van der Waals surface area (Å²) in [6, 6.07) is 6.42. The van der Waals surface area contributed by atoms with Gasteiger partial charge in [0.1, 0.15) is 5.82 Å². The van der Waals surface area contributed by atoms with E-state index in [2.05, 4.69) is 10.4 Å². The Bertz CT molecular complexity index is 709. The van der Waals surface area contributed by atoms with Crippen LogP contribution < -0.4 is 10.1 Å². The number of hydrogen-bond acceptors (Lipinski definition) is 4. The first-order valence-corrected chi connectivity index (χ1v) is 6.55. The molecule has 2 rings (SSSR count). The highest BCUT2D eigenvalue weighted by Crippen LogP contribution is 2.29. The molecule has 0 saturated heterocycles. The molecule has 0 aliphatic carbocycles. The second-order valence-corrected chi connectivity index (χ2v) is 4.87. The lowest BCUT2D eigenvalue weighted by Gasteiger charge is -2.11. The van der Waals surface area contributed by atoms with E-state index in [4.69, 9.17) is 16.3 Å². The van der Waals surface area contributed by atoms with Crippen LogP contribution in [0.3, 0.4) is 0 Å². The number of para-hydroxylation sites is 1. The molecule has 0 saturated carbocycles. The van der Waals surface area contributed by atoms with Crippen LogP contribution in [0, 0.1) is 6.92 Å². The van der Waals surface area contributed by atoms with Crippen LogP contribution in [-0.4, -0.2) is 21.7 Å². The summed E-state index contributed by atoms with van der Waals surface area (Å²) in [6.45, 7) is 3.06. The van der Waals surface area contributed by atoms with E-state index in [9.17, 15) is 9.59 Å². The van der Waals surface area contributed by atoms with Gasteiger partial charge in [-0.2, -0.15) is 5.10 Å². The zero-order valence-electron chi connectivity index (χ0n) is 11.8. The molecule has 2 aromatic rings. The maximum absolute atomic E-state index is 12.3. The Morgan fingerprint density at radius 1 is 1.38 bits per heavy atom. The van der Waals surface area contributed by atoms with E-state index in [0.29, 0.717) is 5.82 Å². The average Bonchev–Trinajstić information content (AvgIpc) is 2.69. The number of ether oxygens (including phenoxy) is 1. The Kier molecular flexibility index (Phi) is 4.28. The SMILES string of the molecule is CC(=O)Oc1c(Cl)cccc1C(=O)Nc1cc(C)nn1C. The van der Waals surface area contributed by atoms with Crippen molar-refractivity contribution in [3.63, 3.8) is 0 Å². The van der Waals surface area contributed by atoms with Crippen LogP contribution in [-0.2, 0) is 11.8 Å². The summed E-state index contributed by atoms with van der Waals surface area (Å²) >= 11 is 5.98. The predicted octanol–water partition coefficient (Wildman–Crippen LogP) is 2.56. The van der Waals surface area contributed by atoms with Crippen molar-refractivity contribution in [1.29, 1.82) is 0 Å². The molecule has 0 aliphatic heterocycles. The highest BCUT2D eigenvalue weighted by molar-refractivity contribution is 6.33. The van der Waals surface area contributed by atoms with Crippen molar-refractivity contribution in [3.05, 3.63) is 40.5 Å². The molecule has 1 heterocycles. The second-order valence-electron chi connectivity index (χ2n) is 4.46. The number of anilines is 1. The Morgan fingerprint density at radius 3 is 2.67 bits per heavy atom. The molecule has 0 radical (unpaired) electrons. The van der Waals surface area contributed by atoms with E-state index in [-0.39, 0.29) is 16.3 Å². The highest BCUT2D eigenvalue weighted by atomic mass is 35.5. The minimum atomic E-state index is -0.548. The molecule has 1 amide bonds. The number of aromatic nitrogens is 2. The fraction of sp³-hybridized carbons (Fsp3) is 0.214. The molecule has 110 valence electrons. The zero-order chi connectivity index (χ0) is 15.6. The average molecular weight is 308 g/mol. The van der Waals surface area contributed by atoms with Crippen LogP contribution >= 0.6 is 11.6 Å². The molecule has 1 N–H and O–H groups in total.